The number of benzene rings is 1. The van der Waals surface area contributed by atoms with Crippen LogP contribution in [0.15, 0.2) is 24.3 Å². The maximum atomic E-state index is 12.0. The molecule has 114 valence electrons. The van der Waals surface area contributed by atoms with Crippen LogP contribution >= 0.6 is 11.6 Å². The van der Waals surface area contributed by atoms with Gasteiger partial charge in [-0.1, -0.05) is 11.6 Å². The molecular weight excluding hydrogens is 292 g/mol. The van der Waals surface area contributed by atoms with E-state index in [1.165, 1.54) is 0 Å². The van der Waals surface area contributed by atoms with E-state index in [1.807, 2.05) is 0 Å². The Morgan fingerprint density at radius 1 is 1.38 bits per heavy atom. The molecule has 2 N–H and O–H groups in total. The SMILES string of the molecule is CC(NC(=O)c1ccc(Cl)cc1)C(=O)NCC1CCCO1. The number of amides is 2. The fourth-order valence-electron chi connectivity index (χ4n) is 2.12. The van der Waals surface area contributed by atoms with Crippen molar-refractivity contribution in [1.82, 2.24) is 10.6 Å². The molecule has 6 heteroatoms. The average molecular weight is 311 g/mol. The first-order chi connectivity index (χ1) is 10.1. The number of nitrogens with one attached hydrogen (secondary N) is 2. The van der Waals surface area contributed by atoms with Crippen molar-refractivity contribution in [3.63, 3.8) is 0 Å². The zero-order valence-electron chi connectivity index (χ0n) is 11.9. The molecule has 2 atom stereocenters. The van der Waals surface area contributed by atoms with Crippen LogP contribution in [0.1, 0.15) is 30.1 Å². The van der Waals surface area contributed by atoms with Gasteiger partial charge >= 0.3 is 0 Å². The van der Waals surface area contributed by atoms with Gasteiger partial charge in [-0.15, -0.1) is 0 Å². The van der Waals surface area contributed by atoms with Gasteiger partial charge in [0.1, 0.15) is 6.04 Å². The Balaban J connectivity index is 1.79. The molecule has 5 nitrogen and oxygen atoms in total. The fraction of sp³-hybridized carbons (Fsp3) is 0.467. The summed E-state index contributed by atoms with van der Waals surface area (Å²) < 4.78 is 5.43. The molecule has 21 heavy (non-hydrogen) atoms. The summed E-state index contributed by atoms with van der Waals surface area (Å²) in [5.74, 6) is -0.515. The van der Waals surface area contributed by atoms with Crippen LogP contribution in [-0.4, -0.2) is 37.1 Å². The second-order valence-electron chi connectivity index (χ2n) is 5.08. The Bertz CT molecular complexity index is 498. The molecule has 2 unspecified atom stereocenters. The standard InChI is InChI=1S/C15H19ClN2O3/c1-10(14(19)17-9-13-3-2-8-21-13)18-15(20)11-4-6-12(16)7-5-11/h4-7,10,13H,2-3,8-9H2,1H3,(H,17,19)(H,18,20). The van der Waals surface area contributed by atoms with E-state index in [-0.39, 0.29) is 17.9 Å². The second kappa shape index (κ2) is 7.43. The van der Waals surface area contributed by atoms with Crippen molar-refractivity contribution in [2.45, 2.75) is 31.9 Å². The predicted molar refractivity (Wildman–Crippen MR) is 80.4 cm³/mol. The van der Waals surface area contributed by atoms with Gasteiger partial charge < -0.3 is 15.4 Å². The normalized spacial score (nSPS) is 19.0. The number of halogens is 1. The molecule has 2 amide bonds. The summed E-state index contributed by atoms with van der Waals surface area (Å²) in [7, 11) is 0. The Morgan fingerprint density at radius 2 is 2.10 bits per heavy atom. The molecule has 2 rings (SSSR count). The lowest BCUT2D eigenvalue weighted by Crippen LogP contribution is -2.46. The number of hydrogen-bond acceptors (Lipinski definition) is 3. The van der Waals surface area contributed by atoms with Gasteiger partial charge in [0.2, 0.25) is 5.91 Å². The lowest BCUT2D eigenvalue weighted by atomic mass is 10.2. The topological polar surface area (TPSA) is 67.4 Å². The van der Waals surface area contributed by atoms with E-state index in [9.17, 15) is 9.59 Å². The first kappa shape index (κ1) is 15.8. The fourth-order valence-corrected chi connectivity index (χ4v) is 2.25. The van der Waals surface area contributed by atoms with Crippen LogP contribution in [-0.2, 0) is 9.53 Å². The third-order valence-electron chi connectivity index (χ3n) is 3.38. The predicted octanol–water partition coefficient (Wildman–Crippen LogP) is 1.75. The molecule has 0 spiro atoms. The van der Waals surface area contributed by atoms with Crippen molar-refractivity contribution < 1.29 is 14.3 Å². The lowest BCUT2D eigenvalue weighted by Gasteiger charge is -2.16. The second-order valence-corrected chi connectivity index (χ2v) is 5.52. The van der Waals surface area contributed by atoms with E-state index in [4.69, 9.17) is 16.3 Å². The van der Waals surface area contributed by atoms with Gasteiger partial charge in [0.25, 0.3) is 5.91 Å². The number of carbonyl (C=O) groups excluding carboxylic acids is 2. The summed E-state index contributed by atoms with van der Waals surface area (Å²) in [6.45, 7) is 2.89. The molecule has 1 fully saturated rings. The largest absolute Gasteiger partial charge is 0.376 e. The zero-order valence-corrected chi connectivity index (χ0v) is 12.7. The third-order valence-corrected chi connectivity index (χ3v) is 3.63. The average Bonchev–Trinajstić information content (AvgIpc) is 2.98. The van der Waals surface area contributed by atoms with Gasteiger partial charge in [-0.3, -0.25) is 9.59 Å². The monoisotopic (exact) mass is 310 g/mol. The Labute approximate surface area is 129 Å². The number of hydrogen-bond donors (Lipinski definition) is 2. The molecule has 1 aromatic carbocycles. The molecule has 0 aliphatic carbocycles. The first-order valence-corrected chi connectivity index (χ1v) is 7.40. The van der Waals surface area contributed by atoms with Crippen LogP contribution in [0.4, 0.5) is 0 Å². The van der Waals surface area contributed by atoms with E-state index in [2.05, 4.69) is 10.6 Å². The Hall–Kier alpha value is -1.59. The van der Waals surface area contributed by atoms with Gasteiger partial charge in [-0.05, 0) is 44.0 Å². The minimum Gasteiger partial charge on any atom is -0.376 e. The van der Waals surface area contributed by atoms with Crippen molar-refractivity contribution in [3.05, 3.63) is 34.9 Å². The van der Waals surface area contributed by atoms with Crippen LogP contribution in [0.5, 0.6) is 0 Å². The highest BCUT2D eigenvalue weighted by molar-refractivity contribution is 6.30. The van der Waals surface area contributed by atoms with Crippen LogP contribution in [0.3, 0.4) is 0 Å². The number of rotatable bonds is 5. The zero-order chi connectivity index (χ0) is 15.2. The van der Waals surface area contributed by atoms with Crippen molar-refractivity contribution in [3.8, 4) is 0 Å². The highest BCUT2D eigenvalue weighted by Gasteiger charge is 2.20. The number of carbonyl (C=O) groups is 2. The summed E-state index contributed by atoms with van der Waals surface area (Å²) in [6.07, 6.45) is 2.09. The van der Waals surface area contributed by atoms with Gasteiger partial charge in [-0.2, -0.15) is 0 Å². The van der Waals surface area contributed by atoms with E-state index < -0.39 is 6.04 Å². The van der Waals surface area contributed by atoms with Gasteiger partial charge in [-0.25, -0.2) is 0 Å². The number of ether oxygens (including phenoxy) is 1. The highest BCUT2D eigenvalue weighted by atomic mass is 35.5. The van der Waals surface area contributed by atoms with E-state index in [0.717, 1.165) is 19.4 Å². The van der Waals surface area contributed by atoms with Crippen LogP contribution in [0.2, 0.25) is 5.02 Å². The minimum absolute atomic E-state index is 0.0908. The summed E-state index contributed by atoms with van der Waals surface area (Å²) >= 11 is 5.77. The Morgan fingerprint density at radius 3 is 2.71 bits per heavy atom. The molecule has 1 aromatic rings. The van der Waals surface area contributed by atoms with Crippen molar-refractivity contribution >= 4 is 23.4 Å². The molecule has 0 radical (unpaired) electrons. The molecule has 0 saturated carbocycles. The van der Waals surface area contributed by atoms with E-state index in [1.54, 1.807) is 31.2 Å². The molecule has 0 aromatic heterocycles. The summed E-state index contributed by atoms with van der Waals surface area (Å²) in [4.78, 5) is 23.9. The highest BCUT2D eigenvalue weighted by Crippen LogP contribution is 2.11. The maximum absolute atomic E-state index is 12.0. The summed E-state index contributed by atoms with van der Waals surface area (Å²) in [5.41, 5.74) is 0.471. The lowest BCUT2D eigenvalue weighted by molar-refractivity contribution is -0.123. The molecule has 1 aliphatic rings. The minimum atomic E-state index is -0.602. The molecule has 0 bridgehead atoms. The quantitative estimate of drug-likeness (QED) is 0.870. The smallest absolute Gasteiger partial charge is 0.251 e. The Kier molecular flexibility index (Phi) is 5.59. The van der Waals surface area contributed by atoms with Crippen molar-refractivity contribution in [2.24, 2.45) is 0 Å². The van der Waals surface area contributed by atoms with Crippen LogP contribution in [0.25, 0.3) is 0 Å². The van der Waals surface area contributed by atoms with Crippen molar-refractivity contribution in [2.75, 3.05) is 13.2 Å². The molecule has 1 heterocycles. The first-order valence-electron chi connectivity index (χ1n) is 7.02. The van der Waals surface area contributed by atoms with Gasteiger partial charge in [0.05, 0.1) is 6.10 Å². The van der Waals surface area contributed by atoms with Gasteiger partial charge in [0, 0.05) is 23.7 Å². The molecule has 1 aliphatic heterocycles. The van der Waals surface area contributed by atoms with E-state index in [0.29, 0.717) is 17.1 Å². The molecular formula is C15H19ClN2O3. The van der Waals surface area contributed by atoms with Crippen LogP contribution < -0.4 is 10.6 Å². The van der Waals surface area contributed by atoms with Crippen molar-refractivity contribution in [1.29, 1.82) is 0 Å². The summed E-state index contributed by atoms with van der Waals surface area (Å²) in [6, 6.07) is 5.91. The van der Waals surface area contributed by atoms with Crippen LogP contribution in [0, 0.1) is 0 Å². The summed E-state index contributed by atoms with van der Waals surface area (Å²) in [5, 5.41) is 6.01. The van der Waals surface area contributed by atoms with E-state index >= 15 is 0 Å². The third kappa shape index (κ3) is 4.72. The van der Waals surface area contributed by atoms with Gasteiger partial charge in [0.15, 0.2) is 0 Å². The molecule has 1 saturated heterocycles. The maximum Gasteiger partial charge on any atom is 0.251 e.